The first-order chi connectivity index (χ1) is 25.2. The highest BCUT2D eigenvalue weighted by Crippen LogP contribution is 2.43. The summed E-state index contributed by atoms with van der Waals surface area (Å²) in [5, 5.41) is 6.75. The first-order valence-corrected chi connectivity index (χ1v) is 17.7. The Morgan fingerprint density at radius 3 is 1.96 bits per heavy atom. The van der Waals surface area contributed by atoms with E-state index in [0.717, 1.165) is 71.7 Å². The fraction of sp³-hybridized carbons (Fsp3) is 0. The molecular formula is C45H25N3O2S. The lowest BCUT2D eigenvalue weighted by atomic mass is 9.98. The monoisotopic (exact) mass is 671 g/mol. The molecule has 6 heteroatoms. The van der Waals surface area contributed by atoms with Crippen LogP contribution in [0.4, 0.5) is 0 Å². The zero-order chi connectivity index (χ0) is 33.5. The molecule has 0 saturated carbocycles. The normalized spacial score (nSPS) is 11.9. The maximum absolute atomic E-state index is 6.71. The van der Waals surface area contributed by atoms with Crippen molar-refractivity contribution in [3.63, 3.8) is 0 Å². The van der Waals surface area contributed by atoms with Crippen molar-refractivity contribution in [2.24, 2.45) is 0 Å². The second-order valence-electron chi connectivity index (χ2n) is 12.8. The Balaban J connectivity index is 1.11. The molecule has 0 spiro atoms. The number of para-hydroxylation sites is 2. The lowest BCUT2D eigenvalue weighted by Gasteiger charge is -2.09. The van der Waals surface area contributed by atoms with Crippen molar-refractivity contribution in [3.8, 4) is 45.3 Å². The zero-order valence-corrected chi connectivity index (χ0v) is 27.8. The second-order valence-corrected chi connectivity index (χ2v) is 13.8. The third-order valence-electron chi connectivity index (χ3n) is 9.76. The van der Waals surface area contributed by atoms with Crippen molar-refractivity contribution < 1.29 is 8.83 Å². The SMILES string of the molecule is c1ccc(-c2nc(-c3ccc4oc5ccccc5c4c3)nc(-c3cccc4c3oc3cccc(-c5ccc6c(c5)sc5ccccc56)c34)n2)cc1. The van der Waals surface area contributed by atoms with Gasteiger partial charge in [0.15, 0.2) is 17.5 Å². The molecule has 0 bridgehead atoms. The molecule has 4 heterocycles. The molecule has 0 aliphatic heterocycles. The maximum Gasteiger partial charge on any atom is 0.167 e. The summed E-state index contributed by atoms with van der Waals surface area (Å²) in [7, 11) is 0. The third kappa shape index (κ3) is 4.43. The summed E-state index contributed by atoms with van der Waals surface area (Å²) in [5.41, 5.74) is 8.13. The van der Waals surface area contributed by atoms with Crippen molar-refractivity contribution in [2.45, 2.75) is 0 Å². The van der Waals surface area contributed by atoms with Crippen LogP contribution in [0.5, 0.6) is 0 Å². The van der Waals surface area contributed by atoms with E-state index < -0.39 is 0 Å². The van der Waals surface area contributed by atoms with Gasteiger partial charge in [-0.25, -0.2) is 15.0 Å². The second kappa shape index (κ2) is 10.9. The number of fused-ring (bicyclic) bond motifs is 9. The molecular weight excluding hydrogens is 647 g/mol. The number of hydrogen-bond donors (Lipinski definition) is 0. The number of rotatable bonds is 4. The van der Waals surface area contributed by atoms with Crippen LogP contribution in [0.15, 0.2) is 160 Å². The van der Waals surface area contributed by atoms with Gasteiger partial charge < -0.3 is 8.83 Å². The Morgan fingerprint density at radius 2 is 1.04 bits per heavy atom. The van der Waals surface area contributed by atoms with Gasteiger partial charge in [-0.1, -0.05) is 103 Å². The number of benzene rings is 7. The van der Waals surface area contributed by atoms with Crippen LogP contribution in [0.2, 0.25) is 0 Å². The third-order valence-corrected chi connectivity index (χ3v) is 10.9. The van der Waals surface area contributed by atoms with Crippen molar-refractivity contribution in [1.29, 1.82) is 0 Å². The van der Waals surface area contributed by atoms with E-state index in [4.69, 9.17) is 23.8 Å². The van der Waals surface area contributed by atoms with Crippen molar-refractivity contribution in [2.75, 3.05) is 0 Å². The Labute approximate surface area is 295 Å². The number of thiophene rings is 1. The van der Waals surface area contributed by atoms with Gasteiger partial charge in [0.25, 0.3) is 0 Å². The average molecular weight is 672 g/mol. The molecule has 0 aliphatic carbocycles. The highest BCUT2D eigenvalue weighted by Gasteiger charge is 2.20. The van der Waals surface area contributed by atoms with Gasteiger partial charge in [0, 0.05) is 52.8 Å². The van der Waals surface area contributed by atoms with Gasteiger partial charge >= 0.3 is 0 Å². The Morgan fingerprint density at radius 1 is 0.373 bits per heavy atom. The van der Waals surface area contributed by atoms with E-state index in [2.05, 4.69) is 78.9 Å². The smallest absolute Gasteiger partial charge is 0.167 e. The molecule has 4 aromatic heterocycles. The van der Waals surface area contributed by atoms with E-state index in [1.807, 2.05) is 84.1 Å². The summed E-state index contributed by atoms with van der Waals surface area (Å²) in [4.78, 5) is 15.2. The first kappa shape index (κ1) is 28.2. The predicted molar refractivity (Wildman–Crippen MR) is 209 cm³/mol. The highest BCUT2D eigenvalue weighted by atomic mass is 32.1. The minimum Gasteiger partial charge on any atom is -0.456 e. The minimum absolute atomic E-state index is 0.550. The number of hydrogen-bond acceptors (Lipinski definition) is 6. The van der Waals surface area contributed by atoms with Crippen molar-refractivity contribution in [3.05, 3.63) is 152 Å². The molecule has 0 amide bonds. The van der Waals surface area contributed by atoms with E-state index in [1.165, 1.54) is 20.2 Å². The number of furan rings is 2. The van der Waals surface area contributed by atoms with Gasteiger partial charge in [0.2, 0.25) is 0 Å². The van der Waals surface area contributed by atoms with Crippen molar-refractivity contribution in [1.82, 2.24) is 15.0 Å². The number of nitrogens with zero attached hydrogens (tertiary/aromatic N) is 3. The Hall–Kier alpha value is -6.63. The zero-order valence-electron chi connectivity index (χ0n) is 27.0. The quantitative estimate of drug-likeness (QED) is 0.186. The Bertz CT molecular complexity index is 3160. The van der Waals surface area contributed by atoms with E-state index in [0.29, 0.717) is 17.5 Å². The molecule has 0 unspecified atom stereocenters. The first-order valence-electron chi connectivity index (χ1n) is 16.8. The van der Waals surface area contributed by atoms with Gasteiger partial charge in [-0.05, 0) is 59.7 Å². The molecule has 238 valence electrons. The molecule has 5 nitrogen and oxygen atoms in total. The molecule has 0 aliphatic rings. The predicted octanol–water partition coefficient (Wildman–Crippen LogP) is 12.7. The average Bonchev–Trinajstić information content (AvgIpc) is 3.88. The van der Waals surface area contributed by atoms with Crippen LogP contribution in [0.3, 0.4) is 0 Å². The van der Waals surface area contributed by atoms with Crippen LogP contribution in [-0.2, 0) is 0 Å². The fourth-order valence-corrected chi connectivity index (χ4v) is 8.51. The van der Waals surface area contributed by atoms with E-state index in [9.17, 15) is 0 Å². The van der Waals surface area contributed by atoms with Crippen molar-refractivity contribution >= 4 is 75.4 Å². The minimum atomic E-state index is 0.550. The lowest BCUT2D eigenvalue weighted by molar-refractivity contribution is 0.669. The summed E-state index contributed by atoms with van der Waals surface area (Å²) in [6.45, 7) is 0. The largest absolute Gasteiger partial charge is 0.456 e. The summed E-state index contributed by atoms with van der Waals surface area (Å²) < 4.78 is 15.4. The number of aromatic nitrogens is 3. The fourth-order valence-electron chi connectivity index (χ4n) is 7.36. The molecule has 0 N–H and O–H groups in total. The maximum atomic E-state index is 6.71. The van der Waals surface area contributed by atoms with Gasteiger partial charge in [-0.15, -0.1) is 11.3 Å². The van der Waals surface area contributed by atoms with Crippen LogP contribution in [0.25, 0.3) is 109 Å². The summed E-state index contributed by atoms with van der Waals surface area (Å²) >= 11 is 1.83. The molecule has 11 rings (SSSR count). The topological polar surface area (TPSA) is 65.0 Å². The van der Waals surface area contributed by atoms with E-state index in [-0.39, 0.29) is 0 Å². The molecule has 51 heavy (non-hydrogen) atoms. The van der Waals surface area contributed by atoms with Crippen LogP contribution >= 0.6 is 11.3 Å². The van der Waals surface area contributed by atoms with Gasteiger partial charge in [-0.2, -0.15) is 0 Å². The summed E-state index contributed by atoms with van der Waals surface area (Å²) in [5.74, 6) is 1.73. The molecule has 0 radical (unpaired) electrons. The van der Waals surface area contributed by atoms with Crippen LogP contribution in [-0.4, -0.2) is 15.0 Å². The molecule has 11 aromatic rings. The molecule has 7 aromatic carbocycles. The highest BCUT2D eigenvalue weighted by molar-refractivity contribution is 7.25. The Kier molecular flexibility index (Phi) is 6.05. The van der Waals surface area contributed by atoms with Crippen LogP contribution in [0.1, 0.15) is 0 Å². The summed E-state index contributed by atoms with van der Waals surface area (Å²) in [6.07, 6.45) is 0. The van der Waals surface area contributed by atoms with E-state index >= 15 is 0 Å². The molecule has 0 fully saturated rings. The van der Waals surface area contributed by atoms with Crippen LogP contribution < -0.4 is 0 Å². The molecule has 0 atom stereocenters. The van der Waals surface area contributed by atoms with Crippen LogP contribution in [0, 0.1) is 0 Å². The molecule has 0 saturated heterocycles. The van der Waals surface area contributed by atoms with Gasteiger partial charge in [-0.3, -0.25) is 0 Å². The lowest BCUT2D eigenvalue weighted by Crippen LogP contribution is -2.00. The van der Waals surface area contributed by atoms with Gasteiger partial charge in [0.1, 0.15) is 22.3 Å². The van der Waals surface area contributed by atoms with Gasteiger partial charge in [0.05, 0.1) is 5.56 Å². The standard InChI is InChI=1S/C45H25N3O2S/c1-2-10-26(11-3-1)43-46-44(28-21-23-37-35(24-28)30-12-4-6-17-36(30)49-37)48-45(47-43)34-16-8-15-33-41-29(14-9-18-38(41)50-42(33)34)27-20-22-32-31-13-5-7-19-39(31)51-40(32)25-27/h1-25H. The summed E-state index contributed by atoms with van der Waals surface area (Å²) in [6, 6.07) is 52.2. The van der Waals surface area contributed by atoms with E-state index in [1.54, 1.807) is 0 Å².